The molecule has 0 aliphatic heterocycles. The summed E-state index contributed by atoms with van der Waals surface area (Å²) in [6.45, 7) is 5.89. The smallest absolute Gasteiger partial charge is 0.261 e. The number of ether oxygens (including phenoxy) is 1. The number of amides is 2. The van der Waals surface area contributed by atoms with Crippen molar-refractivity contribution in [3.63, 3.8) is 0 Å². The first kappa shape index (κ1) is 23.1. The van der Waals surface area contributed by atoms with E-state index < -0.39 is 6.04 Å². The lowest BCUT2D eigenvalue weighted by Gasteiger charge is -2.29. The number of nitrogens with one attached hydrogen (secondary N) is 1. The Bertz CT molecular complexity index is 907. The van der Waals surface area contributed by atoms with E-state index >= 15 is 0 Å². The second kappa shape index (κ2) is 10.7. The summed E-state index contributed by atoms with van der Waals surface area (Å²) in [7, 11) is 0. The zero-order valence-corrected chi connectivity index (χ0v) is 19.2. The summed E-state index contributed by atoms with van der Waals surface area (Å²) in [5.74, 6) is 0.328. The Morgan fingerprint density at radius 3 is 2.48 bits per heavy atom. The predicted molar refractivity (Wildman–Crippen MR) is 123 cm³/mol. The highest BCUT2D eigenvalue weighted by atomic mass is 35.5. The molecule has 1 atom stereocenters. The summed E-state index contributed by atoms with van der Waals surface area (Å²) in [4.78, 5) is 27.6. The summed E-state index contributed by atoms with van der Waals surface area (Å²) >= 11 is 6.00. The molecule has 1 fully saturated rings. The summed E-state index contributed by atoms with van der Waals surface area (Å²) in [5.41, 5.74) is 2.94. The normalized spacial score (nSPS) is 14.8. The van der Waals surface area contributed by atoms with E-state index in [0.717, 1.165) is 42.4 Å². The minimum Gasteiger partial charge on any atom is -0.483 e. The number of aryl methyl sites for hydroxylation is 2. The Hall–Kier alpha value is -2.53. The molecule has 0 spiro atoms. The standard InChI is InChI=1S/C25H31ClN2O3/c1-17-8-9-18(2)23(14-17)31-16-24(29)28(15-20-10-12-21(26)13-11-20)19(3)25(30)27-22-6-4-5-7-22/h8-14,19,22H,4-7,15-16H2,1-3H3,(H,27,30). The van der Waals surface area contributed by atoms with Gasteiger partial charge in [-0.25, -0.2) is 0 Å². The lowest BCUT2D eigenvalue weighted by Crippen LogP contribution is -2.50. The van der Waals surface area contributed by atoms with Crippen LogP contribution in [0.25, 0.3) is 0 Å². The molecule has 1 N–H and O–H groups in total. The van der Waals surface area contributed by atoms with Gasteiger partial charge in [0.15, 0.2) is 6.61 Å². The van der Waals surface area contributed by atoms with E-state index in [1.54, 1.807) is 24.0 Å². The molecule has 5 nitrogen and oxygen atoms in total. The third-order valence-electron chi connectivity index (χ3n) is 5.83. The molecule has 1 aliphatic rings. The number of benzene rings is 2. The molecule has 0 bridgehead atoms. The number of carbonyl (C=O) groups is 2. The van der Waals surface area contributed by atoms with Crippen LogP contribution in [0.5, 0.6) is 5.75 Å². The first-order valence-electron chi connectivity index (χ1n) is 10.9. The lowest BCUT2D eigenvalue weighted by atomic mass is 10.1. The minimum atomic E-state index is -0.606. The monoisotopic (exact) mass is 442 g/mol. The molecule has 31 heavy (non-hydrogen) atoms. The lowest BCUT2D eigenvalue weighted by molar-refractivity contribution is -0.142. The maximum absolute atomic E-state index is 13.2. The molecule has 2 aromatic carbocycles. The maximum Gasteiger partial charge on any atom is 0.261 e. The summed E-state index contributed by atoms with van der Waals surface area (Å²) in [5, 5.41) is 3.74. The molecular formula is C25H31ClN2O3. The maximum atomic E-state index is 13.2. The third-order valence-corrected chi connectivity index (χ3v) is 6.08. The van der Waals surface area contributed by atoms with E-state index in [2.05, 4.69) is 5.32 Å². The number of nitrogens with zero attached hydrogens (tertiary/aromatic N) is 1. The van der Waals surface area contributed by atoms with E-state index in [9.17, 15) is 9.59 Å². The van der Waals surface area contributed by atoms with E-state index in [1.165, 1.54) is 0 Å². The van der Waals surface area contributed by atoms with Crippen molar-refractivity contribution in [1.29, 1.82) is 0 Å². The minimum absolute atomic E-state index is 0.124. The highest BCUT2D eigenvalue weighted by Gasteiger charge is 2.28. The quantitative estimate of drug-likeness (QED) is 0.638. The molecule has 2 aromatic rings. The average molecular weight is 443 g/mol. The van der Waals surface area contributed by atoms with Crippen molar-refractivity contribution >= 4 is 23.4 Å². The van der Waals surface area contributed by atoms with Crippen LogP contribution in [0.3, 0.4) is 0 Å². The number of rotatable bonds is 8. The molecule has 0 heterocycles. The fraction of sp³-hybridized carbons (Fsp3) is 0.440. The van der Waals surface area contributed by atoms with Gasteiger partial charge in [0.05, 0.1) is 0 Å². The fourth-order valence-electron chi connectivity index (χ4n) is 3.85. The topological polar surface area (TPSA) is 58.6 Å². The Labute approximate surface area is 189 Å². The molecule has 0 aromatic heterocycles. The van der Waals surface area contributed by atoms with Gasteiger partial charge in [-0.05, 0) is 68.5 Å². The van der Waals surface area contributed by atoms with Gasteiger partial charge in [0.25, 0.3) is 5.91 Å². The van der Waals surface area contributed by atoms with Gasteiger partial charge < -0.3 is 15.0 Å². The molecule has 6 heteroatoms. The number of hydrogen-bond acceptors (Lipinski definition) is 3. The number of halogens is 1. The summed E-state index contributed by atoms with van der Waals surface area (Å²) in [6.07, 6.45) is 4.27. The first-order valence-corrected chi connectivity index (χ1v) is 11.3. The van der Waals surface area contributed by atoms with Crippen LogP contribution >= 0.6 is 11.6 Å². The van der Waals surface area contributed by atoms with Crippen LogP contribution in [0.4, 0.5) is 0 Å². The van der Waals surface area contributed by atoms with Crippen molar-refractivity contribution in [2.75, 3.05) is 6.61 Å². The Morgan fingerprint density at radius 1 is 1.13 bits per heavy atom. The van der Waals surface area contributed by atoms with Gasteiger partial charge in [0.1, 0.15) is 11.8 Å². The molecule has 1 aliphatic carbocycles. The van der Waals surface area contributed by atoms with Crippen molar-refractivity contribution in [2.45, 2.75) is 65.1 Å². The molecular weight excluding hydrogens is 412 g/mol. The van der Waals surface area contributed by atoms with Crippen LogP contribution in [-0.2, 0) is 16.1 Å². The van der Waals surface area contributed by atoms with Crippen molar-refractivity contribution in [3.05, 3.63) is 64.2 Å². The van der Waals surface area contributed by atoms with E-state index in [0.29, 0.717) is 17.3 Å². The second-order valence-corrected chi connectivity index (χ2v) is 8.81. The molecule has 1 saturated carbocycles. The first-order chi connectivity index (χ1) is 14.8. The zero-order valence-electron chi connectivity index (χ0n) is 18.5. The van der Waals surface area contributed by atoms with Gasteiger partial charge in [0, 0.05) is 17.6 Å². The molecule has 166 valence electrons. The summed E-state index contributed by atoms with van der Waals surface area (Å²) in [6, 6.07) is 12.8. The van der Waals surface area contributed by atoms with Crippen LogP contribution in [0.2, 0.25) is 5.02 Å². The highest BCUT2D eigenvalue weighted by Crippen LogP contribution is 2.21. The van der Waals surface area contributed by atoms with E-state index in [4.69, 9.17) is 16.3 Å². The molecule has 2 amide bonds. The van der Waals surface area contributed by atoms with Gasteiger partial charge in [-0.15, -0.1) is 0 Å². The van der Waals surface area contributed by atoms with Crippen LogP contribution < -0.4 is 10.1 Å². The second-order valence-electron chi connectivity index (χ2n) is 8.37. The highest BCUT2D eigenvalue weighted by molar-refractivity contribution is 6.30. The third kappa shape index (κ3) is 6.47. The van der Waals surface area contributed by atoms with Crippen LogP contribution in [0.15, 0.2) is 42.5 Å². The van der Waals surface area contributed by atoms with Gasteiger partial charge in [-0.2, -0.15) is 0 Å². The Morgan fingerprint density at radius 2 is 1.81 bits per heavy atom. The van der Waals surface area contributed by atoms with Crippen LogP contribution in [0.1, 0.15) is 49.3 Å². The van der Waals surface area contributed by atoms with E-state index in [-0.39, 0.29) is 24.5 Å². The Kier molecular flexibility index (Phi) is 7.97. The van der Waals surface area contributed by atoms with Gasteiger partial charge in [0.2, 0.25) is 5.91 Å². The molecule has 0 radical (unpaired) electrons. The molecule has 3 rings (SSSR count). The van der Waals surface area contributed by atoms with Crippen molar-refractivity contribution < 1.29 is 14.3 Å². The van der Waals surface area contributed by atoms with E-state index in [1.807, 2.05) is 44.2 Å². The van der Waals surface area contributed by atoms with Crippen molar-refractivity contribution in [3.8, 4) is 5.75 Å². The summed E-state index contributed by atoms with van der Waals surface area (Å²) < 4.78 is 5.84. The van der Waals surface area contributed by atoms with Gasteiger partial charge >= 0.3 is 0 Å². The Balaban J connectivity index is 1.72. The molecule has 1 unspecified atom stereocenters. The van der Waals surface area contributed by atoms with Gasteiger partial charge in [-0.1, -0.05) is 48.7 Å². The van der Waals surface area contributed by atoms with Crippen LogP contribution in [-0.4, -0.2) is 35.4 Å². The molecule has 0 saturated heterocycles. The van der Waals surface area contributed by atoms with Gasteiger partial charge in [-0.3, -0.25) is 9.59 Å². The van der Waals surface area contributed by atoms with Crippen molar-refractivity contribution in [1.82, 2.24) is 10.2 Å². The van der Waals surface area contributed by atoms with Crippen molar-refractivity contribution in [2.24, 2.45) is 0 Å². The number of hydrogen-bond donors (Lipinski definition) is 1. The SMILES string of the molecule is Cc1ccc(C)c(OCC(=O)N(Cc2ccc(Cl)cc2)C(C)C(=O)NC2CCCC2)c1. The predicted octanol–water partition coefficient (Wildman–Crippen LogP) is 4.81. The van der Waals surface area contributed by atoms with Crippen LogP contribution in [0, 0.1) is 13.8 Å². The largest absolute Gasteiger partial charge is 0.483 e. The zero-order chi connectivity index (χ0) is 22.4. The average Bonchev–Trinajstić information content (AvgIpc) is 3.26. The fourth-order valence-corrected chi connectivity index (χ4v) is 3.97. The number of carbonyl (C=O) groups excluding carboxylic acids is 2.